The Kier molecular flexibility index (Phi) is 4.73. The zero-order valence-electron chi connectivity index (χ0n) is 12.2. The van der Waals surface area contributed by atoms with Gasteiger partial charge in [0.15, 0.2) is 0 Å². The third kappa shape index (κ3) is 3.30. The quantitative estimate of drug-likeness (QED) is 0.790. The second-order valence-corrected chi connectivity index (χ2v) is 6.43. The molecule has 3 rings (SSSR count). The van der Waals surface area contributed by atoms with E-state index >= 15 is 0 Å². The summed E-state index contributed by atoms with van der Waals surface area (Å²) in [6.07, 6.45) is 4.69. The van der Waals surface area contributed by atoms with Crippen LogP contribution in [-0.2, 0) is 9.53 Å². The number of hydrogen-bond donors (Lipinski definition) is 0. The number of carbonyl (C=O) groups excluding carboxylic acids is 2. The van der Waals surface area contributed by atoms with Gasteiger partial charge in [0.25, 0.3) is 11.8 Å². The van der Waals surface area contributed by atoms with Gasteiger partial charge >= 0.3 is 0 Å². The Bertz CT molecular complexity index is 567. The molecule has 1 aromatic heterocycles. The van der Waals surface area contributed by atoms with E-state index in [-0.39, 0.29) is 17.9 Å². The van der Waals surface area contributed by atoms with Gasteiger partial charge in [0.2, 0.25) is 0 Å². The minimum Gasteiger partial charge on any atom is -0.368 e. The van der Waals surface area contributed by atoms with Crippen molar-refractivity contribution >= 4 is 27.7 Å². The van der Waals surface area contributed by atoms with Crippen molar-refractivity contribution < 1.29 is 14.3 Å². The van der Waals surface area contributed by atoms with Gasteiger partial charge in [0.05, 0.1) is 5.56 Å². The number of amides is 2. The van der Waals surface area contributed by atoms with E-state index in [0.717, 1.165) is 17.3 Å². The van der Waals surface area contributed by atoms with Crippen molar-refractivity contribution in [1.29, 1.82) is 0 Å². The number of pyridine rings is 1. The fraction of sp³-hybridized carbons (Fsp3) is 0.533. The zero-order chi connectivity index (χ0) is 15.5. The Labute approximate surface area is 137 Å². The molecule has 0 radical (unpaired) electrons. The SMILES string of the molecule is O=C(c1cncc(Br)c1)N1CCN(C(=O)C2CCCO2)CC1. The highest BCUT2D eigenvalue weighted by Crippen LogP contribution is 2.17. The van der Waals surface area contributed by atoms with Crippen molar-refractivity contribution in [2.75, 3.05) is 32.8 Å². The summed E-state index contributed by atoms with van der Waals surface area (Å²) >= 11 is 3.32. The normalized spacial score (nSPS) is 22.0. The first-order valence-corrected chi connectivity index (χ1v) is 8.24. The number of rotatable bonds is 2. The lowest BCUT2D eigenvalue weighted by atomic mass is 10.2. The van der Waals surface area contributed by atoms with Gasteiger partial charge in [-0.1, -0.05) is 0 Å². The second kappa shape index (κ2) is 6.75. The van der Waals surface area contributed by atoms with Gasteiger partial charge in [-0.3, -0.25) is 14.6 Å². The van der Waals surface area contributed by atoms with Gasteiger partial charge < -0.3 is 14.5 Å². The van der Waals surface area contributed by atoms with Crippen molar-refractivity contribution in [3.63, 3.8) is 0 Å². The van der Waals surface area contributed by atoms with E-state index in [0.29, 0.717) is 38.3 Å². The molecule has 0 N–H and O–H groups in total. The van der Waals surface area contributed by atoms with Crippen molar-refractivity contribution in [2.24, 2.45) is 0 Å². The molecular weight excluding hydrogens is 350 g/mol. The molecule has 1 aromatic rings. The standard InChI is InChI=1S/C15H18BrN3O3/c16-12-8-11(9-17-10-12)14(20)18-3-5-19(6-4-18)15(21)13-2-1-7-22-13/h8-10,13H,1-7H2. The zero-order valence-corrected chi connectivity index (χ0v) is 13.8. The van der Waals surface area contributed by atoms with E-state index < -0.39 is 0 Å². The van der Waals surface area contributed by atoms with Crippen LogP contribution in [0, 0.1) is 0 Å². The molecule has 2 saturated heterocycles. The third-order valence-corrected chi connectivity index (χ3v) is 4.47. The van der Waals surface area contributed by atoms with Crippen molar-refractivity contribution in [1.82, 2.24) is 14.8 Å². The number of nitrogens with zero attached hydrogens (tertiary/aromatic N) is 3. The lowest BCUT2D eigenvalue weighted by Crippen LogP contribution is -2.52. The van der Waals surface area contributed by atoms with Crippen LogP contribution in [0.3, 0.4) is 0 Å². The summed E-state index contributed by atoms with van der Waals surface area (Å²) in [6.45, 7) is 2.89. The molecule has 0 aliphatic carbocycles. The monoisotopic (exact) mass is 367 g/mol. The second-order valence-electron chi connectivity index (χ2n) is 5.51. The van der Waals surface area contributed by atoms with Crippen LogP contribution < -0.4 is 0 Å². The molecule has 2 amide bonds. The first kappa shape index (κ1) is 15.4. The minimum atomic E-state index is -0.281. The first-order valence-electron chi connectivity index (χ1n) is 7.45. The molecule has 0 spiro atoms. The topological polar surface area (TPSA) is 62.7 Å². The van der Waals surface area contributed by atoms with Gasteiger partial charge in [-0.25, -0.2) is 0 Å². The maximum absolute atomic E-state index is 12.4. The molecule has 7 heteroatoms. The molecule has 0 saturated carbocycles. The fourth-order valence-electron chi connectivity index (χ4n) is 2.82. The Morgan fingerprint density at radius 1 is 1.18 bits per heavy atom. The van der Waals surface area contributed by atoms with Gasteiger partial charge in [0, 0.05) is 49.7 Å². The van der Waals surface area contributed by atoms with Gasteiger partial charge in [0.1, 0.15) is 6.10 Å². The van der Waals surface area contributed by atoms with Crippen LogP contribution in [0.25, 0.3) is 0 Å². The molecule has 2 fully saturated rings. The average molecular weight is 368 g/mol. The average Bonchev–Trinajstić information content (AvgIpc) is 3.08. The molecule has 1 unspecified atom stereocenters. The molecule has 3 heterocycles. The highest BCUT2D eigenvalue weighted by atomic mass is 79.9. The Morgan fingerprint density at radius 3 is 2.55 bits per heavy atom. The maximum atomic E-state index is 12.4. The summed E-state index contributed by atoms with van der Waals surface area (Å²) in [5.41, 5.74) is 0.563. The first-order chi connectivity index (χ1) is 10.6. The summed E-state index contributed by atoms with van der Waals surface area (Å²) in [6, 6.07) is 1.76. The van der Waals surface area contributed by atoms with E-state index in [2.05, 4.69) is 20.9 Å². The molecule has 1 atom stereocenters. The van der Waals surface area contributed by atoms with Crippen LogP contribution in [0.2, 0.25) is 0 Å². The number of halogens is 1. The Hall–Kier alpha value is -1.47. The fourth-order valence-corrected chi connectivity index (χ4v) is 3.18. The summed E-state index contributed by atoms with van der Waals surface area (Å²) < 4.78 is 6.22. The summed E-state index contributed by atoms with van der Waals surface area (Å²) in [7, 11) is 0. The van der Waals surface area contributed by atoms with Crippen LogP contribution in [0.1, 0.15) is 23.2 Å². The summed E-state index contributed by atoms with van der Waals surface area (Å²) in [4.78, 5) is 32.3. The van der Waals surface area contributed by atoms with Crippen molar-refractivity contribution in [3.8, 4) is 0 Å². The predicted octanol–water partition coefficient (Wildman–Crippen LogP) is 1.31. The molecule has 0 bridgehead atoms. The molecule has 118 valence electrons. The third-order valence-electron chi connectivity index (χ3n) is 4.04. The van der Waals surface area contributed by atoms with E-state index in [1.54, 1.807) is 28.3 Å². The van der Waals surface area contributed by atoms with Crippen molar-refractivity contribution in [3.05, 3.63) is 28.5 Å². The summed E-state index contributed by atoms with van der Waals surface area (Å²) in [5.74, 6) is 0.0201. The van der Waals surface area contributed by atoms with Crippen molar-refractivity contribution in [2.45, 2.75) is 18.9 Å². The molecule has 0 aromatic carbocycles. The van der Waals surface area contributed by atoms with E-state index in [1.807, 2.05) is 0 Å². The van der Waals surface area contributed by atoms with Gasteiger partial charge in [-0.05, 0) is 34.8 Å². The number of aromatic nitrogens is 1. The number of piperazine rings is 1. The number of ether oxygens (including phenoxy) is 1. The lowest BCUT2D eigenvalue weighted by Gasteiger charge is -2.35. The van der Waals surface area contributed by atoms with Gasteiger partial charge in [-0.15, -0.1) is 0 Å². The molecular formula is C15H18BrN3O3. The molecule has 22 heavy (non-hydrogen) atoms. The van der Waals surface area contributed by atoms with E-state index in [1.165, 1.54) is 0 Å². The maximum Gasteiger partial charge on any atom is 0.255 e. The number of carbonyl (C=O) groups is 2. The van der Waals surface area contributed by atoms with Crippen LogP contribution in [-0.4, -0.2) is 65.5 Å². The Balaban J connectivity index is 1.57. The summed E-state index contributed by atoms with van der Waals surface area (Å²) in [5, 5.41) is 0. The van der Waals surface area contributed by atoms with E-state index in [4.69, 9.17) is 4.74 Å². The smallest absolute Gasteiger partial charge is 0.255 e. The lowest BCUT2D eigenvalue weighted by molar-refractivity contribution is -0.142. The van der Waals surface area contributed by atoms with E-state index in [9.17, 15) is 9.59 Å². The van der Waals surface area contributed by atoms with Crippen LogP contribution in [0.4, 0.5) is 0 Å². The van der Waals surface area contributed by atoms with Crippen LogP contribution in [0.15, 0.2) is 22.9 Å². The highest BCUT2D eigenvalue weighted by Gasteiger charge is 2.31. The Morgan fingerprint density at radius 2 is 1.91 bits per heavy atom. The van der Waals surface area contributed by atoms with Crippen LogP contribution >= 0.6 is 15.9 Å². The van der Waals surface area contributed by atoms with Gasteiger partial charge in [-0.2, -0.15) is 0 Å². The largest absolute Gasteiger partial charge is 0.368 e. The molecule has 2 aliphatic rings. The highest BCUT2D eigenvalue weighted by molar-refractivity contribution is 9.10. The minimum absolute atomic E-state index is 0.0435. The molecule has 2 aliphatic heterocycles. The molecule has 6 nitrogen and oxygen atoms in total. The predicted molar refractivity (Wildman–Crippen MR) is 83.4 cm³/mol. The van der Waals surface area contributed by atoms with Crippen LogP contribution in [0.5, 0.6) is 0 Å². The number of hydrogen-bond acceptors (Lipinski definition) is 4.